The molecule has 0 saturated carbocycles. The topological polar surface area (TPSA) is 41.1 Å². The van der Waals surface area contributed by atoms with Crippen LogP contribution in [0.25, 0.3) is 0 Å². The van der Waals surface area contributed by atoms with Crippen molar-refractivity contribution in [1.82, 2.24) is 10.6 Å². The van der Waals surface area contributed by atoms with E-state index in [4.69, 9.17) is 0 Å². The lowest BCUT2D eigenvalue weighted by atomic mass is 10.1. The van der Waals surface area contributed by atoms with Crippen molar-refractivity contribution in [3.8, 4) is 11.8 Å². The summed E-state index contributed by atoms with van der Waals surface area (Å²) in [6, 6.07) is 27.3. The minimum atomic E-state index is -0.266. The molecule has 4 heteroatoms. The van der Waals surface area contributed by atoms with Gasteiger partial charge in [-0.05, 0) is 29.3 Å². The van der Waals surface area contributed by atoms with E-state index < -0.39 is 0 Å². The largest absolute Gasteiger partial charge is 0.351 e. The lowest BCUT2D eigenvalue weighted by Gasteiger charge is -2.15. The normalized spacial score (nSPS) is 11.2. The van der Waals surface area contributed by atoms with Gasteiger partial charge in [0.1, 0.15) is 0 Å². The van der Waals surface area contributed by atoms with Crippen molar-refractivity contribution < 1.29 is 4.79 Å². The van der Waals surface area contributed by atoms with E-state index in [1.807, 2.05) is 84.9 Å². The molecular weight excluding hydrogens is 412 g/mol. The van der Waals surface area contributed by atoms with Gasteiger partial charge in [-0.2, -0.15) is 0 Å². The Hall–Kier alpha value is -2.87. The molecule has 28 heavy (non-hydrogen) atoms. The minimum Gasteiger partial charge on any atom is -0.351 e. The van der Waals surface area contributed by atoms with Crippen LogP contribution in [0.5, 0.6) is 0 Å². The van der Waals surface area contributed by atoms with Gasteiger partial charge in [-0.3, -0.25) is 10.1 Å². The summed E-state index contributed by atoms with van der Waals surface area (Å²) >= 11 is 3.58. The number of benzene rings is 3. The number of carbonyl (C=O) groups is 1. The third-order valence-corrected chi connectivity index (χ3v) is 4.87. The van der Waals surface area contributed by atoms with Crippen molar-refractivity contribution in [1.29, 1.82) is 0 Å². The fourth-order valence-electron chi connectivity index (χ4n) is 2.68. The Morgan fingerprint density at radius 2 is 1.54 bits per heavy atom. The fourth-order valence-corrected chi connectivity index (χ4v) is 3.19. The molecule has 1 amide bonds. The number of carbonyl (C=O) groups excluding carboxylic acids is 1. The van der Waals surface area contributed by atoms with Gasteiger partial charge in [-0.1, -0.05) is 94.5 Å². The number of halogens is 1. The van der Waals surface area contributed by atoms with Gasteiger partial charge < -0.3 is 5.32 Å². The molecule has 3 rings (SSSR count). The molecule has 0 aliphatic carbocycles. The summed E-state index contributed by atoms with van der Waals surface area (Å²) in [5, 5.41) is 6.20. The second kappa shape index (κ2) is 10.5. The van der Waals surface area contributed by atoms with E-state index in [2.05, 4.69) is 38.4 Å². The Balaban J connectivity index is 1.66. The van der Waals surface area contributed by atoms with Gasteiger partial charge in [0.2, 0.25) is 5.91 Å². The van der Waals surface area contributed by atoms with Crippen LogP contribution in [0.1, 0.15) is 22.7 Å². The van der Waals surface area contributed by atoms with Crippen LogP contribution in [0, 0.1) is 11.8 Å². The Kier molecular flexibility index (Phi) is 7.43. The molecule has 3 aromatic rings. The average molecular weight is 433 g/mol. The highest BCUT2D eigenvalue weighted by Gasteiger charge is 2.13. The summed E-state index contributed by atoms with van der Waals surface area (Å²) in [5.74, 6) is 6.37. The predicted molar refractivity (Wildman–Crippen MR) is 116 cm³/mol. The number of hydrogen-bond acceptors (Lipinski definition) is 2. The van der Waals surface area contributed by atoms with Crippen molar-refractivity contribution in [2.45, 2.75) is 12.6 Å². The number of rotatable bonds is 6. The van der Waals surface area contributed by atoms with Crippen molar-refractivity contribution in [2.24, 2.45) is 0 Å². The van der Waals surface area contributed by atoms with E-state index in [0.29, 0.717) is 6.54 Å². The summed E-state index contributed by atoms with van der Waals surface area (Å²) < 4.78 is 0.958. The van der Waals surface area contributed by atoms with Gasteiger partial charge in [0.25, 0.3) is 0 Å². The lowest BCUT2D eigenvalue weighted by Crippen LogP contribution is -2.35. The first kappa shape index (κ1) is 19.9. The molecule has 2 N–H and O–H groups in total. The van der Waals surface area contributed by atoms with E-state index in [0.717, 1.165) is 21.2 Å². The van der Waals surface area contributed by atoms with Crippen LogP contribution in [-0.2, 0) is 11.3 Å². The van der Waals surface area contributed by atoms with Crippen LogP contribution in [-0.4, -0.2) is 12.5 Å². The second-order valence-electron chi connectivity index (χ2n) is 6.23. The van der Waals surface area contributed by atoms with Gasteiger partial charge >= 0.3 is 0 Å². The molecule has 1 unspecified atom stereocenters. The molecule has 0 spiro atoms. The molecule has 0 aromatic heterocycles. The summed E-state index contributed by atoms with van der Waals surface area (Å²) in [6.07, 6.45) is 0. The third kappa shape index (κ3) is 6.09. The van der Waals surface area contributed by atoms with E-state index in [1.165, 1.54) is 0 Å². The molecule has 0 saturated heterocycles. The summed E-state index contributed by atoms with van der Waals surface area (Å²) in [4.78, 5) is 12.3. The van der Waals surface area contributed by atoms with Crippen molar-refractivity contribution >= 4 is 21.8 Å². The fraction of sp³-hybridized carbons (Fsp3) is 0.125. The minimum absolute atomic E-state index is 0.0672. The standard InChI is InChI=1S/C24H21BrN2O/c25-22-14-8-7-13-21(22)23(16-15-19-9-3-1-4-10-19)26-18-24(28)27-17-20-11-5-2-6-12-20/h1-14,23,26H,17-18H2,(H,27,28). The molecule has 1 atom stereocenters. The number of hydrogen-bond donors (Lipinski definition) is 2. The highest BCUT2D eigenvalue weighted by Crippen LogP contribution is 2.22. The van der Waals surface area contributed by atoms with Gasteiger partial charge in [-0.15, -0.1) is 0 Å². The van der Waals surface area contributed by atoms with Crippen molar-refractivity contribution in [3.05, 3.63) is 106 Å². The molecule has 0 heterocycles. The quantitative estimate of drug-likeness (QED) is 0.564. The van der Waals surface area contributed by atoms with Crippen LogP contribution >= 0.6 is 15.9 Å². The van der Waals surface area contributed by atoms with Crippen LogP contribution in [0.2, 0.25) is 0 Å². The highest BCUT2D eigenvalue weighted by molar-refractivity contribution is 9.10. The van der Waals surface area contributed by atoms with Crippen LogP contribution in [0.15, 0.2) is 89.4 Å². The maximum atomic E-state index is 12.3. The molecule has 3 nitrogen and oxygen atoms in total. The number of nitrogens with one attached hydrogen (secondary N) is 2. The van der Waals surface area contributed by atoms with Crippen LogP contribution in [0.4, 0.5) is 0 Å². The predicted octanol–water partition coefficient (Wildman–Crippen LogP) is 4.45. The van der Waals surface area contributed by atoms with E-state index in [-0.39, 0.29) is 18.5 Å². The molecule has 0 bridgehead atoms. The molecule has 0 radical (unpaired) electrons. The highest BCUT2D eigenvalue weighted by atomic mass is 79.9. The SMILES string of the molecule is O=C(CNC(C#Cc1ccccc1)c1ccccc1Br)NCc1ccccc1. The van der Waals surface area contributed by atoms with E-state index in [9.17, 15) is 4.79 Å². The Morgan fingerprint density at radius 3 is 2.25 bits per heavy atom. The molecule has 0 fully saturated rings. The lowest BCUT2D eigenvalue weighted by molar-refractivity contribution is -0.120. The molecular formula is C24H21BrN2O. The second-order valence-corrected chi connectivity index (χ2v) is 7.09. The zero-order chi connectivity index (χ0) is 19.6. The summed E-state index contributed by atoms with van der Waals surface area (Å²) in [5.41, 5.74) is 3.01. The zero-order valence-electron chi connectivity index (χ0n) is 15.4. The van der Waals surface area contributed by atoms with Gasteiger partial charge in [0.05, 0.1) is 12.6 Å². The summed E-state index contributed by atoms with van der Waals surface area (Å²) in [7, 11) is 0. The van der Waals surface area contributed by atoms with E-state index in [1.54, 1.807) is 0 Å². The summed E-state index contributed by atoms with van der Waals surface area (Å²) in [6.45, 7) is 0.694. The first-order valence-corrected chi connectivity index (χ1v) is 9.87. The first-order chi connectivity index (χ1) is 13.7. The Labute approximate surface area is 174 Å². The van der Waals surface area contributed by atoms with Crippen LogP contribution < -0.4 is 10.6 Å². The molecule has 0 aliphatic heterocycles. The smallest absolute Gasteiger partial charge is 0.234 e. The Bertz CT molecular complexity index is 962. The monoisotopic (exact) mass is 432 g/mol. The van der Waals surface area contributed by atoms with Crippen molar-refractivity contribution in [3.63, 3.8) is 0 Å². The molecule has 140 valence electrons. The zero-order valence-corrected chi connectivity index (χ0v) is 16.9. The van der Waals surface area contributed by atoms with Crippen LogP contribution in [0.3, 0.4) is 0 Å². The van der Waals surface area contributed by atoms with Gasteiger partial charge in [0, 0.05) is 16.6 Å². The van der Waals surface area contributed by atoms with Gasteiger partial charge in [0.15, 0.2) is 0 Å². The molecule has 3 aromatic carbocycles. The maximum Gasteiger partial charge on any atom is 0.234 e. The maximum absolute atomic E-state index is 12.3. The molecule has 0 aliphatic rings. The third-order valence-electron chi connectivity index (χ3n) is 4.15. The Morgan fingerprint density at radius 1 is 0.893 bits per heavy atom. The average Bonchev–Trinajstić information content (AvgIpc) is 2.74. The van der Waals surface area contributed by atoms with E-state index >= 15 is 0 Å². The van der Waals surface area contributed by atoms with Crippen molar-refractivity contribution in [2.75, 3.05) is 6.54 Å². The first-order valence-electron chi connectivity index (χ1n) is 9.07. The van der Waals surface area contributed by atoms with Gasteiger partial charge in [-0.25, -0.2) is 0 Å². The number of amides is 1.